The van der Waals surface area contributed by atoms with Crippen LogP contribution in [0.3, 0.4) is 0 Å². The van der Waals surface area contributed by atoms with Gasteiger partial charge in [0.1, 0.15) is 12.4 Å². The van der Waals surface area contributed by atoms with E-state index in [4.69, 9.17) is 9.84 Å². The first-order valence-electron chi connectivity index (χ1n) is 8.36. The van der Waals surface area contributed by atoms with Crippen molar-refractivity contribution in [3.8, 4) is 5.75 Å². The van der Waals surface area contributed by atoms with Crippen LogP contribution >= 0.6 is 15.9 Å². The van der Waals surface area contributed by atoms with E-state index in [-0.39, 0.29) is 5.56 Å². The van der Waals surface area contributed by atoms with Crippen LogP contribution in [0.4, 0.5) is 5.69 Å². The van der Waals surface area contributed by atoms with Gasteiger partial charge in [-0.3, -0.25) is 4.99 Å². The van der Waals surface area contributed by atoms with Crippen molar-refractivity contribution in [3.63, 3.8) is 0 Å². The molecule has 0 saturated heterocycles. The molecule has 0 fully saturated rings. The summed E-state index contributed by atoms with van der Waals surface area (Å²) >= 11 is 3.52. The molecule has 0 unspecified atom stereocenters. The summed E-state index contributed by atoms with van der Waals surface area (Å²) < 4.78 is 6.65. The molecule has 4 nitrogen and oxygen atoms in total. The van der Waals surface area contributed by atoms with Crippen molar-refractivity contribution < 1.29 is 14.6 Å². The Morgan fingerprint density at radius 3 is 2.41 bits per heavy atom. The standard InChI is InChI=1S/C22H18BrNO3/c1-15-2-9-19(10-3-15)24-13-17-6-11-21(20(23)12-17)27-14-16-4-7-18(8-5-16)22(25)26/h2-13H,14H2,1H3,(H,25,26). The van der Waals surface area contributed by atoms with E-state index in [1.165, 1.54) is 5.56 Å². The SMILES string of the molecule is Cc1ccc(N=Cc2ccc(OCc3ccc(C(=O)O)cc3)c(Br)c2)cc1. The lowest BCUT2D eigenvalue weighted by atomic mass is 10.1. The highest BCUT2D eigenvalue weighted by atomic mass is 79.9. The lowest BCUT2D eigenvalue weighted by molar-refractivity contribution is 0.0697. The molecule has 0 aliphatic rings. The average Bonchev–Trinajstić information content (AvgIpc) is 2.67. The molecule has 5 heteroatoms. The lowest BCUT2D eigenvalue weighted by Crippen LogP contribution is -1.99. The number of benzene rings is 3. The maximum absolute atomic E-state index is 10.9. The topological polar surface area (TPSA) is 58.9 Å². The van der Waals surface area contributed by atoms with Gasteiger partial charge in [-0.15, -0.1) is 0 Å². The molecule has 136 valence electrons. The lowest BCUT2D eigenvalue weighted by Gasteiger charge is -2.09. The Morgan fingerprint density at radius 1 is 1.07 bits per heavy atom. The van der Waals surface area contributed by atoms with Gasteiger partial charge in [-0.05, 0) is 76.4 Å². The van der Waals surface area contributed by atoms with Crippen molar-refractivity contribution in [1.29, 1.82) is 0 Å². The fraction of sp³-hybridized carbons (Fsp3) is 0.0909. The molecule has 0 aliphatic carbocycles. The van der Waals surface area contributed by atoms with Gasteiger partial charge in [-0.1, -0.05) is 29.8 Å². The third-order valence-corrected chi connectivity index (χ3v) is 4.57. The van der Waals surface area contributed by atoms with Crippen LogP contribution in [0.5, 0.6) is 5.75 Å². The highest BCUT2D eigenvalue weighted by molar-refractivity contribution is 9.10. The van der Waals surface area contributed by atoms with Crippen LogP contribution in [0.2, 0.25) is 0 Å². The maximum atomic E-state index is 10.9. The van der Waals surface area contributed by atoms with Gasteiger partial charge < -0.3 is 9.84 Å². The average molecular weight is 424 g/mol. The molecule has 27 heavy (non-hydrogen) atoms. The molecule has 0 atom stereocenters. The number of carbonyl (C=O) groups is 1. The summed E-state index contributed by atoms with van der Waals surface area (Å²) in [5.74, 6) is -0.224. The largest absolute Gasteiger partial charge is 0.488 e. The third-order valence-electron chi connectivity index (χ3n) is 3.95. The predicted molar refractivity (Wildman–Crippen MR) is 110 cm³/mol. The highest BCUT2D eigenvalue weighted by Crippen LogP contribution is 2.26. The highest BCUT2D eigenvalue weighted by Gasteiger charge is 2.05. The van der Waals surface area contributed by atoms with Crippen LogP contribution in [0, 0.1) is 6.92 Å². The Kier molecular flexibility index (Phi) is 6.04. The summed E-state index contributed by atoms with van der Waals surface area (Å²) in [6.45, 7) is 2.40. The Morgan fingerprint density at radius 2 is 1.78 bits per heavy atom. The van der Waals surface area contributed by atoms with Crippen LogP contribution in [-0.4, -0.2) is 17.3 Å². The van der Waals surface area contributed by atoms with Crippen LogP contribution in [0.25, 0.3) is 0 Å². The Hall–Kier alpha value is -2.92. The molecule has 0 spiro atoms. The number of aromatic carboxylic acids is 1. The van der Waals surface area contributed by atoms with Crippen LogP contribution < -0.4 is 4.74 Å². The minimum atomic E-state index is -0.937. The fourth-order valence-corrected chi connectivity index (χ4v) is 2.91. The first-order chi connectivity index (χ1) is 13.0. The molecule has 1 N–H and O–H groups in total. The van der Waals surface area contributed by atoms with E-state index < -0.39 is 5.97 Å². The molecule has 0 amide bonds. The number of carboxylic acids is 1. The number of aryl methyl sites for hydroxylation is 1. The first-order valence-corrected chi connectivity index (χ1v) is 9.16. The molecule has 0 bridgehead atoms. The van der Waals surface area contributed by atoms with Crippen LogP contribution in [-0.2, 0) is 6.61 Å². The fourth-order valence-electron chi connectivity index (χ4n) is 2.40. The zero-order chi connectivity index (χ0) is 19.2. The van der Waals surface area contributed by atoms with Gasteiger partial charge in [0.25, 0.3) is 0 Å². The van der Waals surface area contributed by atoms with Gasteiger partial charge in [0.05, 0.1) is 15.7 Å². The molecule has 0 radical (unpaired) electrons. The Balaban J connectivity index is 1.64. The van der Waals surface area contributed by atoms with Crippen LogP contribution in [0.15, 0.2) is 76.2 Å². The van der Waals surface area contributed by atoms with Gasteiger partial charge in [-0.2, -0.15) is 0 Å². The third kappa shape index (κ3) is 5.28. The van der Waals surface area contributed by atoms with E-state index >= 15 is 0 Å². The van der Waals surface area contributed by atoms with Gasteiger partial charge in [0, 0.05) is 6.21 Å². The Bertz CT molecular complexity index is 964. The monoisotopic (exact) mass is 423 g/mol. The molecule has 3 aromatic rings. The van der Waals surface area contributed by atoms with E-state index in [0.29, 0.717) is 12.4 Å². The van der Waals surface area contributed by atoms with Gasteiger partial charge in [0.2, 0.25) is 0 Å². The zero-order valence-corrected chi connectivity index (χ0v) is 16.3. The summed E-state index contributed by atoms with van der Waals surface area (Å²) in [7, 11) is 0. The number of nitrogens with zero attached hydrogens (tertiary/aromatic N) is 1. The minimum absolute atomic E-state index is 0.261. The summed E-state index contributed by atoms with van der Waals surface area (Å²) in [5.41, 5.74) is 4.23. The van der Waals surface area contributed by atoms with Crippen molar-refractivity contribution in [3.05, 3.63) is 93.5 Å². The summed E-state index contributed by atoms with van der Waals surface area (Å²) in [4.78, 5) is 15.3. The second kappa shape index (κ2) is 8.64. The molecule has 3 rings (SSSR count). The molecular formula is C22H18BrNO3. The smallest absolute Gasteiger partial charge is 0.335 e. The summed E-state index contributed by atoms with van der Waals surface area (Å²) in [5, 5.41) is 8.93. The number of hydrogen-bond donors (Lipinski definition) is 1. The molecule has 0 heterocycles. The van der Waals surface area contributed by atoms with E-state index in [1.807, 2.05) is 55.6 Å². The molecule has 3 aromatic carbocycles. The second-order valence-corrected chi connectivity index (χ2v) is 6.93. The first kappa shape index (κ1) is 18.9. The minimum Gasteiger partial charge on any atom is -0.488 e. The second-order valence-electron chi connectivity index (χ2n) is 6.07. The van der Waals surface area contributed by atoms with Crippen molar-refractivity contribution in [2.24, 2.45) is 4.99 Å². The number of aliphatic imine (C=N–C) groups is 1. The molecule has 0 aromatic heterocycles. The molecular weight excluding hydrogens is 406 g/mol. The van der Waals surface area contributed by atoms with Crippen molar-refractivity contribution in [2.75, 3.05) is 0 Å². The van der Waals surface area contributed by atoms with Gasteiger partial charge in [-0.25, -0.2) is 4.79 Å². The quantitative estimate of drug-likeness (QED) is 0.510. The van der Waals surface area contributed by atoms with E-state index in [2.05, 4.69) is 20.9 Å². The summed E-state index contributed by atoms with van der Waals surface area (Å²) in [6, 6.07) is 20.4. The predicted octanol–water partition coefficient (Wildman–Crippen LogP) is 5.79. The van der Waals surface area contributed by atoms with E-state index in [9.17, 15) is 4.79 Å². The Labute approximate surface area is 166 Å². The molecule has 0 aliphatic heterocycles. The number of hydrogen-bond acceptors (Lipinski definition) is 3. The molecule has 0 saturated carbocycles. The van der Waals surface area contributed by atoms with E-state index in [1.54, 1.807) is 24.3 Å². The van der Waals surface area contributed by atoms with Crippen molar-refractivity contribution in [2.45, 2.75) is 13.5 Å². The maximum Gasteiger partial charge on any atom is 0.335 e. The zero-order valence-electron chi connectivity index (χ0n) is 14.7. The summed E-state index contributed by atoms with van der Waals surface area (Å²) in [6.07, 6.45) is 1.81. The van der Waals surface area contributed by atoms with Crippen LogP contribution in [0.1, 0.15) is 27.0 Å². The normalized spacial score (nSPS) is 10.9. The number of ether oxygens (including phenoxy) is 1. The van der Waals surface area contributed by atoms with Gasteiger partial charge >= 0.3 is 5.97 Å². The number of rotatable bonds is 6. The number of halogens is 1. The number of carboxylic acid groups (broad SMARTS) is 1. The van der Waals surface area contributed by atoms with Gasteiger partial charge in [0.15, 0.2) is 0 Å². The van der Waals surface area contributed by atoms with Crippen molar-refractivity contribution in [1.82, 2.24) is 0 Å². The van der Waals surface area contributed by atoms with Crippen molar-refractivity contribution >= 4 is 33.8 Å². The van der Waals surface area contributed by atoms with E-state index in [0.717, 1.165) is 21.3 Å².